The topological polar surface area (TPSA) is 50.4 Å². The third-order valence-electron chi connectivity index (χ3n) is 3.43. The van der Waals surface area contributed by atoms with Gasteiger partial charge in [-0.15, -0.1) is 12.4 Å². The molecule has 1 saturated heterocycles. The van der Waals surface area contributed by atoms with E-state index in [9.17, 15) is 9.18 Å². The maximum absolute atomic E-state index is 13.1. The first-order valence-corrected chi connectivity index (χ1v) is 6.43. The molecule has 6 heteroatoms. The van der Waals surface area contributed by atoms with Crippen molar-refractivity contribution in [3.8, 4) is 0 Å². The molecule has 1 atom stereocenters. The lowest BCUT2D eigenvalue weighted by Crippen LogP contribution is -2.53. The Balaban J connectivity index is 0.00000200. The van der Waals surface area contributed by atoms with Crippen LogP contribution < -0.4 is 10.6 Å². The Bertz CT molecular complexity index is 451. The molecule has 2 rings (SSSR count). The van der Waals surface area contributed by atoms with Gasteiger partial charge in [0.15, 0.2) is 0 Å². The Hall–Kier alpha value is -1.17. The molecule has 0 aromatic heterocycles. The molecule has 0 radical (unpaired) electrons. The number of ether oxygens (including phenoxy) is 1. The lowest BCUT2D eigenvalue weighted by atomic mass is 9.98. The molecule has 2 N–H and O–H groups in total. The van der Waals surface area contributed by atoms with Gasteiger partial charge in [-0.3, -0.25) is 4.79 Å². The number of halogens is 2. The van der Waals surface area contributed by atoms with Gasteiger partial charge >= 0.3 is 0 Å². The largest absolute Gasteiger partial charge is 0.383 e. The first-order chi connectivity index (χ1) is 9.15. The molecule has 1 aromatic rings. The van der Waals surface area contributed by atoms with Crippen LogP contribution in [-0.2, 0) is 4.74 Å². The van der Waals surface area contributed by atoms with Gasteiger partial charge in [0.2, 0.25) is 0 Å². The molecule has 1 unspecified atom stereocenters. The monoisotopic (exact) mass is 302 g/mol. The number of carbonyl (C=O) groups is 1. The highest BCUT2D eigenvalue weighted by Crippen LogP contribution is 2.19. The second-order valence-electron chi connectivity index (χ2n) is 4.94. The molecule has 1 aliphatic rings. The minimum absolute atomic E-state index is 0. The highest BCUT2D eigenvalue weighted by Gasteiger charge is 2.33. The standard InChI is InChI=1S/C14H19FN2O2.ClH/c1-19-10-14(6-3-7-17-14)9-16-13(18)11-4-2-5-12(15)8-11;/h2,4-5,8,17H,3,6-7,9-10H2,1H3,(H,16,18);1H. The van der Waals surface area contributed by atoms with Crippen LogP contribution in [0.3, 0.4) is 0 Å². The van der Waals surface area contributed by atoms with Crippen LogP contribution >= 0.6 is 12.4 Å². The van der Waals surface area contributed by atoms with Crippen molar-refractivity contribution >= 4 is 18.3 Å². The Morgan fingerprint density at radius 2 is 2.35 bits per heavy atom. The third kappa shape index (κ3) is 4.16. The van der Waals surface area contributed by atoms with Crippen molar-refractivity contribution in [2.75, 3.05) is 26.8 Å². The van der Waals surface area contributed by atoms with E-state index in [0.29, 0.717) is 18.7 Å². The fourth-order valence-corrected chi connectivity index (χ4v) is 2.45. The van der Waals surface area contributed by atoms with E-state index in [2.05, 4.69) is 10.6 Å². The average Bonchev–Trinajstić information content (AvgIpc) is 2.85. The predicted molar refractivity (Wildman–Crippen MR) is 77.8 cm³/mol. The quantitative estimate of drug-likeness (QED) is 0.871. The molecule has 1 heterocycles. The Labute approximate surface area is 124 Å². The minimum Gasteiger partial charge on any atom is -0.383 e. The summed E-state index contributed by atoms with van der Waals surface area (Å²) in [6.45, 7) is 1.96. The van der Waals surface area contributed by atoms with E-state index in [1.807, 2.05) is 0 Å². The first-order valence-electron chi connectivity index (χ1n) is 6.43. The Kier molecular flexibility index (Phi) is 6.39. The van der Waals surface area contributed by atoms with Gasteiger partial charge in [-0.2, -0.15) is 0 Å². The number of carbonyl (C=O) groups excluding carboxylic acids is 1. The van der Waals surface area contributed by atoms with Crippen LogP contribution in [-0.4, -0.2) is 38.3 Å². The maximum atomic E-state index is 13.1. The van der Waals surface area contributed by atoms with Crippen molar-refractivity contribution in [2.45, 2.75) is 18.4 Å². The average molecular weight is 303 g/mol. The van der Waals surface area contributed by atoms with Gasteiger partial charge < -0.3 is 15.4 Å². The minimum atomic E-state index is -0.404. The number of hydrogen-bond acceptors (Lipinski definition) is 3. The first kappa shape index (κ1) is 16.9. The fourth-order valence-electron chi connectivity index (χ4n) is 2.45. The van der Waals surface area contributed by atoms with Crippen LogP contribution in [0.2, 0.25) is 0 Å². The van der Waals surface area contributed by atoms with E-state index in [0.717, 1.165) is 19.4 Å². The molecule has 0 aliphatic carbocycles. The van der Waals surface area contributed by atoms with Gasteiger partial charge in [-0.05, 0) is 37.6 Å². The van der Waals surface area contributed by atoms with E-state index >= 15 is 0 Å². The van der Waals surface area contributed by atoms with Crippen molar-refractivity contribution in [1.82, 2.24) is 10.6 Å². The SMILES string of the molecule is COCC1(CNC(=O)c2cccc(F)c2)CCCN1.Cl. The smallest absolute Gasteiger partial charge is 0.251 e. The zero-order valence-corrected chi connectivity index (χ0v) is 12.3. The van der Waals surface area contributed by atoms with Crippen molar-refractivity contribution in [2.24, 2.45) is 0 Å². The van der Waals surface area contributed by atoms with Gasteiger partial charge in [-0.25, -0.2) is 4.39 Å². The number of hydrogen-bond donors (Lipinski definition) is 2. The molecule has 4 nitrogen and oxygen atoms in total. The van der Waals surface area contributed by atoms with Gasteiger partial charge in [-0.1, -0.05) is 6.07 Å². The molecule has 1 amide bonds. The van der Waals surface area contributed by atoms with Crippen molar-refractivity contribution < 1.29 is 13.9 Å². The van der Waals surface area contributed by atoms with E-state index in [-0.39, 0.29) is 23.9 Å². The van der Waals surface area contributed by atoms with Crippen LogP contribution in [0.15, 0.2) is 24.3 Å². The number of rotatable bonds is 5. The van der Waals surface area contributed by atoms with Crippen LogP contribution in [0.4, 0.5) is 4.39 Å². The van der Waals surface area contributed by atoms with E-state index in [1.165, 1.54) is 18.2 Å². The summed E-state index contributed by atoms with van der Waals surface area (Å²) in [5, 5.41) is 6.22. The second kappa shape index (κ2) is 7.57. The summed E-state index contributed by atoms with van der Waals surface area (Å²) >= 11 is 0. The molecule has 112 valence electrons. The lowest BCUT2D eigenvalue weighted by Gasteiger charge is -2.28. The van der Waals surface area contributed by atoms with Gasteiger partial charge in [0.25, 0.3) is 5.91 Å². The summed E-state index contributed by atoms with van der Waals surface area (Å²) in [5.41, 5.74) is 0.142. The zero-order chi connectivity index (χ0) is 13.7. The fraction of sp³-hybridized carbons (Fsp3) is 0.500. The highest BCUT2D eigenvalue weighted by atomic mass is 35.5. The van der Waals surface area contributed by atoms with Crippen molar-refractivity contribution in [3.63, 3.8) is 0 Å². The molecule has 0 saturated carbocycles. The molecule has 20 heavy (non-hydrogen) atoms. The molecule has 1 aliphatic heterocycles. The second-order valence-corrected chi connectivity index (χ2v) is 4.94. The Morgan fingerprint density at radius 1 is 1.55 bits per heavy atom. The highest BCUT2D eigenvalue weighted by molar-refractivity contribution is 5.94. The zero-order valence-electron chi connectivity index (χ0n) is 11.4. The van der Waals surface area contributed by atoms with Crippen LogP contribution in [0.1, 0.15) is 23.2 Å². The lowest BCUT2D eigenvalue weighted by molar-refractivity contribution is 0.0892. The van der Waals surface area contributed by atoms with Crippen LogP contribution in [0, 0.1) is 5.82 Å². The third-order valence-corrected chi connectivity index (χ3v) is 3.43. The molecule has 1 aromatic carbocycles. The maximum Gasteiger partial charge on any atom is 0.251 e. The van der Waals surface area contributed by atoms with Gasteiger partial charge in [0.1, 0.15) is 5.82 Å². The van der Waals surface area contributed by atoms with Gasteiger partial charge in [0, 0.05) is 19.2 Å². The molecular weight excluding hydrogens is 283 g/mol. The number of amides is 1. The van der Waals surface area contributed by atoms with Crippen molar-refractivity contribution in [3.05, 3.63) is 35.6 Å². The van der Waals surface area contributed by atoms with E-state index in [1.54, 1.807) is 13.2 Å². The summed E-state index contributed by atoms with van der Waals surface area (Å²) in [4.78, 5) is 12.0. The molecular formula is C14H20ClFN2O2. The van der Waals surface area contributed by atoms with Crippen LogP contribution in [0.5, 0.6) is 0 Å². The van der Waals surface area contributed by atoms with E-state index in [4.69, 9.17) is 4.74 Å². The van der Waals surface area contributed by atoms with Gasteiger partial charge in [0.05, 0.1) is 12.1 Å². The Morgan fingerprint density at radius 3 is 2.95 bits per heavy atom. The number of nitrogens with one attached hydrogen (secondary N) is 2. The summed E-state index contributed by atoms with van der Waals surface area (Å²) in [5.74, 6) is -0.665. The number of methoxy groups -OCH3 is 1. The molecule has 0 bridgehead atoms. The summed E-state index contributed by atoms with van der Waals surface area (Å²) < 4.78 is 18.3. The molecule has 1 fully saturated rings. The predicted octanol–water partition coefficient (Wildman–Crippen LogP) is 1.75. The normalized spacial score (nSPS) is 21.3. The van der Waals surface area contributed by atoms with E-state index < -0.39 is 5.82 Å². The van der Waals surface area contributed by atoms with Crippen molar-refractivity contribution in [1.29, 1.82) is 0 Å². The summed E-state index contributed by atoms with van der Waals surface area (Å²) in [6, 6.07) is 5.69. The number of benzene rings is 1. The van der Waals surface area contributed by atoms with Crippen LogP contribution in [0.25, 0.3) is 0 Å². The molecule has 0 spiro atoms. The summed E-state index contributed by atoms with van der Waals surface area (Å²) in [7, 11) is 1.65. The summed E-state index contributed by atoms with van der Waals surface area (Å²) in [6.07, 6.45) is 2.03.